The van der Waals surface area contributed by atoms with Crippen molar-refractivity contribution in [2.24, 2.45) is 0 Å². The average Bonchev–Trinajstić information content (AvgIpc) is 2.39. The van der Waals surface area contributed by atoms with Crippen LogP contribution in [0.1, 0.15) is 5.56 Å². The maximum atomic E-state index is 13.0. The Bertz CT molecular complexity index is 664. The molecular formula is C13H8Br2FNO3. The van der Waals surface area contributed by atoms with Crippen LogP contribution in [0, 0.1) is 15.9 Å². The lowest BCUT2D eigenvalue weighted by molar-refractivity contribution is -0.385. The van der Waals surface area contributed by atoms with Crippen LogP contribution in [0.2, 0.25) is 0 Å². The van der Waals surface area contributed by atoms with Crippen LogP contribution in [0.15, 0.2) is 45.3 Å². The van der Waals surface area contributed by atoms with Crippen LogP contribution in [-0.4, -0.2) is 4.92 Å². The Balaban J connectivity index is 2.19. The molecule has 0 aliphatic heterocycles. The van der Waals surface area contributed by atoms with Crippen LogP contribution in [-0.2, 0) is 6.61 Å². The highest BCUT2D eigenvalue weighted by atomic mass is 79.9. The number of benzene rings is 2. The summed E-state index contributed by atoms with van der Waals surface area (Å²) < 4.78 is 19.4. The average molecular weight is 405 g/mol. The van der Waals surface area contributed by atoms with Gasteiger partial charge in [0.15, 0.2) is 0 Å². The van der Waals surface area contributed by atoms with Gasteiger partial charge in [0, 0.05) is 16.1 Å². The molecule has 0 bridgehead atoms. The Morgan fingerprint density at radius 3 is 2.65 bits per heavy atom. The van der Waals surface area contributed by atoms with Crippen molar-refractivity contribution in [3.05, 3.63) is 66.8 Å². The van der Waals surface area contributed by atoms with Gasteiger partial charge in [-0.2, -0.15) is 0 Å². The molecule has 2 aromatic rings. The molecular weight excluding hydrogens is 397 g/mol. The van der Waals surface area contributed by atoms with E-state index < -0.39 is 4.92 Å². The van der Waals surface area contributed by atoms with Crippen molar-refractivity contribution >= 4 is 37.5 Å². The summed E-state index contributed by atoms with van der Waals surface area (Å²) in [5.74, 6) is 0.00702. The van der Waals surface area contributed by atoms with E-state index in [1.165, 1.54) is 24.3 Å². The molecule has 0 saturated heterocycles. The predicted molar refractivity (Wildman–Crippen MR) is 79.2 cm³/mol. The van der Waals surface area contributed by atoms with Gasteiger partial charge in [-0.05, 0) is 34.1 Å². The van der Waals surface area contributed by atoms with Crippen molar-refractivity contribution in [1.29, 1.82) is 0 Å². The van der Waals surface area contributed by atoms with Gasteiger partial charge in [0.25, 0.3) is 5.69 Å². The molecule has 0 spiro atoms. The highest BCUT2D eigenvalue weighted by Gasteiger charge is 2.16. The van der Waals surface area contributed by atoms with Gasteiger partial charge in [-0.3, -0.25) is 10.1 Å². The quantitative estimate of drug-likeness (QED) is 0.541. The van der Waals surface area contributed by atoms with E-state index in [9.17, 15) is 14.5 Å². The second-order valence-corrected chi connectivity index (χ2v) is 5.52. The topological polar surface area (TPSA) is 52.4 Å². The highest BCUT2D eigenvalue weighted by molar-refractivity contribution is 9.11. The molecule has 0 N–H and O–H groups in total. The summed E-state index contributed by atoms with van der Waals surface area (Å²) in [5, 5.41) is 10.8. The lowest BCUT2D eigenvalue weighted by Gasteiger charge is -2.09. The molecule has 2 aromatic carbocycles. The number of halogens is 3. The summed E-state index contributed by atoms with van der Waals surface area (Å²) in [6.07, 6.45) is 0. The molecule has 104 valence electrons. The third kappa shape index (κ3) is 3.34. The first-order valence-corrected chi connectivity index (χ1v) is 7.07. The summed E-state index contributed by atoms with van der Waals surface area (Å²) in [7, 11) is 0. The second kappa shape index (κ2) is 6.32. The minimum atomic E-state index is -0.495. The van der Waals surface area contributed by atoms with Crippen molar-refractivity contribution < 1.29 is 14.1 Å². The number of hydrogen-bond donors (Lipinski definition) is 0. The third-order valence-corrected chi connectivity index (χ3v) is 4.07. The molecule has 0 unspecified atom stereocenters. The van der Waals surface area contributed by atoms with E-state index >= 15 is 0 Å². The summed E-state index contributed by atoms with van der Waals surface area (Å²) in [6.45, 7) is 0.167. The lowest BCUT2D eigenvalue weighted by Crippen LogP contribution is -1.99. The van der Waals surface area contributed by atoms with Gasteiger partial charge in [-0.1, -0.05) is 28.1 Å². The van der Waals surface area contributed by atoms with Gasteiger partial charge in [0.2, 0.25) is 0 Å². The first-order valence-electron chi connectivity index (χ1n) is 5.48. The predicted octanol–water partition coefficient (Wildman–Crippen LogP) is 4.84. The zero-order valence-electron chi connectivity index (χ0n) is 9.98. The van der Waals surface area contributed by atoms with Gasteiger partial charge < -0.3 is 4.74 Å². The maximum absolute atomic E-state index is 13.0. The fraction of sp³-hybridized carbons (Fsp3) is 0.0769. The summed E-state index contributed by atoms with van der Waals surface area (Å²) in [6, 6.07) is 8.79. The Hall–Kier alpha value is -1.47. The van der Waals surface area contributed by atoms with Crippen LogP contribution in [0.25, 0.3) is 0 Å². The number of nitro groups is 1. The zero-order valence-corrected chi connectivity index (χ0v) is 13.1. The standard InChI is InChI=1S/C13H8Br2FNO3/c14-10-6-9(16)5-4-8(10)7-20-12-3-1-2-11(13(12)15)17(18)19/h1-6H,7H2. The summed E-state index contributed by atoms with van der Waals surface area (Å²) in [4.78, 5) is 10.3. The molecule has 2 rings (SSSR count). The number of rotatable bonds is 4. The molecule has 4 nitrogen and oxygen atoms in total. The maximum Gasteiger partial charge on any atom is 0.287 e. The van der Waals surface area contributed by atoms with E-state index in [1.54, 1.807) is 12.1 Å². The van der Waals surface area contributed by atoms with E-state index in [0.29, 0.717) is 10.2 Å². The SMILES string of the molecule is O=[N+]([O-])c1cccc(OCc2ccc(F)cc2Br)c1Br. The van der Waals surface area contributed by atoms with Gasteiger partial charge in [0.05, 0.1) is 4.92 Å². The van der Waals surface area contributed by atoms with Crippen molar-refractivity contribution in [1.82, 2.24) is 0 Å². The minimum Gasteiger partial charge on any atom is -0.487 e. The fourth-order valence-corrected chi connectivity index (χ4v) is 2.53. The third-order valence-electron chi connectivity index (χ3n) is 2.54. The molecule has 0 saturated carbocycles. The van der Waals surface area contributed by atoms with Crippen molar-refractivity contribution in [3.8, 4) is 5.75 Å². The Morgan fingerprint density at radius 2 is 2.00 bits per heavy atom. The van der Waals surface area contributed by atoms with Crippen molar-refractivity contribution in [2.45, 2.75) is 6.61 Å². The summed E-state index contributed by atoms with van der Waals surface area (Å²) >= 11 is 6.38. The van der Waals surface area contributed by atoms with Gasteiger partial charge in [-0.25, -0.2) is 4.39 Å². The second-order valence-electron chi connectivity index (χ2n) is 3.87. The number of nitrogens with zero attached hydrogens (tertiary/aromatic N) is 1. The largest absolute Gasteiger partial charge is 0.487 e. The smallest absolute Gasteiger partial charge is 0.287 e. The van der Waals surface area contributed by atoms with Crippen LogP contribution < -0.4 is 4.74 Å². The molecule has 0 fully saturated rings. The number of hydrogen-bond acceptors (Lipinski definition) is 3. The fourth-order valence-electron chi connectivity index (χ4n) is 1.55. The van der Waals surface area contributed by atoms with E-state index in [4.69, 9.17) is 4.74 Å². The minimum absolute atomic E-state index is 0.0688. The lowest BCUT2D eigenvalue weighted by atomic mass is 10.2. The van der Waals surface area contributed by atoms with Crippen LogP contribution in [0.3, 0.4) is 0 Å². The zero-order chi connectivity index (χ0) is 14.7. The van der Waals surface area contributed by atoms with E-state index in [2.05, 4.69) is 31.9 Å². The highest BCUT2D eigenvalue weighted by Crippen LogP contribution is 2.34. The molecule has 0 aromatic heterocycles. The molecule has 0 aliphatic rings. The Labute approximate surface area is 131 Å². The Morgan fingerprint density at radius 1 is 1.25 bits per heavy atom. The molecule has 0 heterocycles. The molecule has 20 heavy (non-hydrogen) atoms. The molecule has 0 atom stereocenters. The van der Waals surface area contributed by atoms with E-state index in [-0.39, 0.29) is 22.6 Å². The molecule has 7 heteroatoms. The van der Waals surface area contributed by atoms with E-state index in [0.717, 1.165) is 5.56 Å². The molecule has 0 radical (unpaired) electrons. The molecule has 0 aliphatic carbocycles. The number of ether oxygens (including phenoxy) is 1. The van der Waals surface area contributed by atoms with Crippen LogP contribution >= 0.6 is 31.9 Å². The van der Waals surface area contributed by atoms with Gasteiger partial charge in [-0.15, -0.1) is 0 Å². The normalized spacial score (nSPS) is 10.3. The monoisotopic (exact) mass is 403 g/mol. The van der Waals surface area contributed by atoms with Crippen molar-refractivity contribution in [2.75, 3.05) is 0 Å². The van der Waals surface area contributed by atoms with Crippen molar-refractivity contribution in [3.63, 3.8) is 0 Å². The van der Waals surface area contributed by atoms with Crippen LogP contribution in [0.4, 0.5) is 10.1 Å². The van der Waals surface area contributed by atoms with Gasteiger partial charge in [0.1, 0.15) is 22.6 Å². The first-order chi connectivity index (χ1) is 9.49. The number of nitro benzene ring substituents is 1. The Kier molecular flexibility index (Phi) is 4.72. The summed E-state index contributed by atoms with van der Waals surface area (Å²) in [5.41, 5.74) is 0.672. The first kappa shape index (κ1) is 14.9. The van der Waals surface area contributed by atoms with Crippen LogP contribution in [0.5, 0.6) is 5.75 Å². The molecule has 0 amide bonds. The van der Waals surface area contributed by atoms with Gasteiger partial charge >= 0.3 is 0 Å². The van der Waals surface area contributed by atoms with E-state index in [1.807, 2.05) is 0 Å².